The Labute approximate surface area is 241 Å². The molecule has 0 saturated carbocycles. The average Bonchev–Trinajstić information content (AvgIpc) is 2.94. The van der Waals surface area contributed by atoms with Crippen molar-refractivity contribution in [2.75, 3.05) is 0 Å². The molecule has 0 radical (unpaired) electrons. The van der Waals surface area contributed by atoms with Crippen LogP contribution in [0.2, 0.25) is 0 Å². The molecule has 0 unspecified atom stereocenters. The van der Waals surface area contributed by atoms with Crippen molar-refractivity contribution in [2.24, 2.45) is 0 Å². The average molecular weight is 612 g/mol. The molecule has 0 spiro atoms. The smallest absolute Gasteiger partial charge is 0.261 e. The molecule has 0 aromatic heterocycles. The van der Waals surface area contributed by atoms with E-state index in [0.29, 0.717) is 23.0 Å². The van der Waals surface area contributed by atoms with E-state index in [0.717, 1.165) is 22.3 Å². The fourth-order valence-corrected chi connectivity index (χ4v) is 5.44. The van der Waals surface area contributed by atoms with Crippen LogP contribution < -0.4 is 9.47 Å². The lowest BCUT2D eigenvalue weighted by Gasteiger charge is -2.09. The van der Waals surface area contributed by atoms with Gasteiger partial charge in [0.15, 0.2) is 0 Å². The Kier molecular flexibility index (Phi) is 7.87. The zero-order valence-electron chi connectivity index (χ0n) is 20.6. The number of rotatable bonds is 8. The first-order valence-corrected chi connectivity index (χ1v) is 16.4. The van der Waals surface area contributed by atoms with Crippen LogP contribution in [0.15, 0.2) is 131 Å². The summed E-state index contributed by atoms with van der Waals surface area (Å²) in [6, 6.07) is 35.1. The molecular formula is C30H20Cl2O6S2. The molecule has 0 aliphatic carbocycles. The molecule has 0 N–H and O–H groups in total. The number of benzene rings is 5. The Bertz CT molecular complexity index is 1700. The highest BCUT2D eigenvalue weighted by molar-refractivity contribution is 8.14. The second-order valence-corrected chi connectivity index (χ2v) is 13.8. The minimum Gasteiger partial charge on any atom is -0.457 e. The van der Waals surface area contributed by atoms with Gasteiger partial charge in [-0.15, -0.1) is 0 Å². The van der Waals surface area contributed by atoms with E-state index in [1.54, 1.807) is 24.3 Å². The number of ether oxygens (including phenoxy) is 2. The highest BCUT2D eigenvalue weighted by Gasteiger charge is 2.11. The Morgan fingerprint density at radius 1 is 0.350 bits per heavy atom. The largest absolute Gasteiger partial charge is 0.457 e. The molecule has 0 bridgehead atoms. The maximum atomic E-state index is 11.4. The van der Waals surface area contributed by atoms with Gasteiger partial charge >= 0.3 is 0 Å². The van der Waals surface area contributed by atoms with Gasteiger partial charge in [0.25, 0.3) is 18.1 Å². The molecule has 0 atom stereocenters. The van der Waals surface area contributed by atoms with Crippen molar-refractivity contribution in [3.8, 4) is 45.3 Å². The minimum atomic E-state index is -3.78. The molecule has 0 fully saturated rings. The van der Waals surface area contributed by atoms with Gasteiger partial charge in [-0.25, -0.2) is 16.8 Å². The van der Waals surface area contributed by atoms with Crippen molar-refractivity contribution in [1.29, 1.82) is 0 Å². The van der Waals surface area contributed by atoms with Crippen molar-refractivity contribution >= 4 is 39.5 Å². The molecule has 0 aliphatic rings. The molecule has 202 valence electrons. The van der Waals surface area contributed by atoms with Gasteiger partial charge in [0.05, 0.1) is 9.79 Å². The molecular weight excluding hydrogens is 591 g/mol. The number of halogens is 2. The second-order valence-electron chi connectivity index (χ2n) is 8.65. The predicted octanol–water partition coefficient (Wildman–Crippen LogP) is 8.46. The summed E-state index contributed by atoms with van der Waals surface area (Å²) in [5, 5.41) is 0. The molecule has 6 nitrogen and oxygen atoms in total. The summed E-state index contributed by atoms with van der Waals surface area (Å²) in [5.41, 5.74) is 4.10. The van der Waals surface area contributed by atoms with Gasteiger partial charge < -0.3 is 9.47 Å². The fraction of sp³-hybridized carbons (Fsp3) is 0. The summed E-state index contributed by atoms with van der Waals surface area (Å²) < 4.78 is 57.1. The molecule has 0 saturated heterocycles. The third kappa shape index (κ3) is 6.84. The van der Waals surface area contributed by atoms with Crippen LogP contribution in [-0.4, -0.2) is 16.8 Å². The van der Waals surface area contributed by atoms with Crippen molar-refractivity contribution in [2.45, 2.75) is 9.79 Å². The topological polar surface area (TPSA) is 86.7 Å². The van der Waals surface area contributed by atoms with Crippen LogP contribution in [0.5, 0.6) is 23.0 Å². The molecule has 10 heteroatoms. The third-order valence-corrected chi connectivity index (χ3v) is 8.68. The van der Waals surface area contributed by atoms with Gasteiger partial charge in [-0.05, 0) is 95.1 Å². The standard InChI is InChI=1S/C30H20Cl2O6S2/c31-39(33,34)29-17-13-27(14-18-29)37-25-9-5-23(6-10-25)21-1-2-22(4-3-21)24-7-11-26(12-8-24)38-28-15-19-30(20-16-28)40(32,35)36/h1-20H. The van der Waals surface area contributed by atoms with Crippen LogP contribution >= 0.6 is 21.4 Å². The summed E-state index contributed by atoms with van der Waals surface area (Å²) in [4.78, 5) is 0.0268. The van der Waals surface area contributed by atoms with E-state index in [9.17, 15) is 16.8 Å². The molecule has 0 amide bonds. The summed E-state index contributed by atoms with van der Waals surface area (Å²) in [7, 11) is 3.14. The van der Waals surface area contributed by atoms with Gasteiger partial charge in [-0.1, -0.05) is 48.5 Å². The summed E-state index contributed by atoms with van der Waals surface area (Å²) >= 11 is 0. The van der Waals surface area contributed by atoms with Gasteiger partial charge in [0.1, 0.15) is 23.0 Å². The Morgan fingerprint density at radius 2 is 0.550 bits per heavy atom. The Hall–Kier alpha value is -3.82. The van der Waals surface area contributed by atoms with E-state index in [1.807, 2.05) is 72.8 Å². The first-order valence-electron chi connectivity index (χ1n) is 11.8. The van der Waals surface area contributed by atoms with E-state index in [2.05, 4.69) is 0 Å². The predicted molar refractivity (Wildman–Crippen MR) is 156 cm³/mol. The number of hydrogen-bond donors (Lipinski definition) is 0. The van der Waals surface area contributed by atoms with Crippen LogP contribution in [-0.2, 0) is 18.1 Å². The third-order valence-electron chi connectivity index (χ3n) is 5.94. The highest BCUT2D eigenvalue weighted by atomic mass is 35.7. The van der Waals surface area contributed by atoms with Gasteiger partial charge in [-0.2, -0.15) is 0 Å². The lowest BCUT2D eigenvalue weighted by molar-refractivity contribution is 0.482. The SMILES string of the molecule is O=S(=O)(Cl)c1ccc(Oc2ccc(-c3ccc(-c4ccc(Oc5ccc(S(=O)(=O)Cl)cc5)cc4)cc3)cc2)cc1. The van der Waals surface area contributed by atoms with Gasteiger partial charge in [0, 0.05) is 21.4 Å². The summed E-state index contributed by atoms with van der Waals surface area (Å²) in [5.74, 6) is 2.22. The van der Waals surface area contributed by atoms with Crippen molar-refractivity contribution < 1.29 is 26.3 Å². The van der Waals surface area contributed by atoms with E-state index in [-0.39, 0.29) is 9.79 Å². The second kappa shape index (κ2) is 11.3. The number of hydrogen-bond acceptors (Lipinski definition) is 6. The summed E-state index contributed by atoms with van der Waals surface area (Å²) in [6.45, 7) is 0. The van der Waals surface area contributed by atoms with Crippen LogP contribution in [0.25, 0.3) is 22.3 Å². The summed E-state index contributed by atoms with van der Waals surface area (Å²) in [6.07, 6.45) is 0. The first kappa shape index (κ1) is 27.7. The highest BCUT2D eigenvalue weighted by Crippen LogP contribution is 2.30. The van der Waals surface area contributed by atoms with Crippen molar-refractivity contribution in [1.82, 2.24) is 0 Å². The van der Waals surface area contributed by atoms with Gasteiger partial charge in [0.2, 0.25) is 0 Å². The molecule has 0 heterocycles. The zero-order valence-corrected chi connectivity index (χ0v) is 23.7. The van der Waals surface area contributed by atoms with E-state index in [4.69, 9.17) is 30.8 Å². The Balaban J connectivity index is 1.22. The quantitative estimate of drug-likeness (QED) is 0.164. The maximum Gasteiger partial charge on any atom is 0.261 e. The van der Waals surface area contributed by atoms with Crippen LogP contribution in [0.4, 0.5) is 0 Å². The van der Waals surface area contributed by atoms with Gasteiger partial charge in [-0.3, -0.25) is 0 Å². The molecule has 0 aliphatic heterocycles. The molecule has 5 aromatic rings. The van der Waals surface area contributed by atoms with Crippen LogP contribution in [0, 0.1) is 0 Å². The lowest BCUT2D eigenvalue weighted by atomic mass is 10.0. The molecule has 5 aromatic carbocycles. The normalized spacial score (nSPS) is 11.7. The van der Waals surface area contributed by atoms with Crippen LogP contribution in [0.3, 0.4) is 0 Å². The Morgan fingerprint density at radius 3 is 0.775 bits per heavy atom. The van der Waals surface area contributed by atoms with Crippen molar-refractivity contribution in [3.05, 3.63) is 121 Å². The van der Waals surface area contributed by atoms with E-state index in [1.165, 1.54) is 24.3 Å². The molecule has 5 rings (SSSR count). The zero-order chi connectivity index (χ0) is 28.3. The minimum absolute atomic E-state index is 0.0134. The lowest BCUT2D eigenvalue weighted by Crippen LogP contribution is -1.90. The molecule has 40 heavy (non-hydrogen) atoms. The maximum absolute atomic E-state index is 11.4. The monoisotopic (exact) mass is 610 g/mol. The fourth-order valence-electron chi connectivity index (χ4n) is 3.90. The first-order chi connectivity index (χ1) is 19.0. The van der Waals surface area contributed by atoms with Crippen molar-refractivity contribution in [3.63, 3.8) is 0 Å². The van der Waals surface area contributed by atoms with E-state index < -0.39 is 18.1 Å². The van der Waals surface area contributed by atoms with E-state index >= 15 is 0 Å². The van der Waals surface area contributed by atoms with Crippen LogP contribution in [0.1, 0.15) is 0 Å².